The van der Waals surface area contributed by atoms with E-state index >= 15 is 0 Å². The lowest BCUT2D eigenvalue weighted by Gasteiger charge is -2.17. The Hall–Kier alpha value is -1.25. The van der Waals surface area contributed by atoms with Crippen LogP contribution >= 0.6 is 0 Å². The Morgan fingerprint density at radius 2 is 2.00 bits per heavy atom. The summed E-state index contributed by atoms with van der Waals surface area (Å²) in [7, 11) is 0. The van der Waals surface area contributed by atoms with Gasteiger partial charge in [-0.05, 0) is 31.4 Å². The molecule has 0 aliphatic carbocycles. The minimum atomic E-state index is -0.337. The van der Waals surface area contributed by atoms with Crippen LogP contribution in [-0.4, -0.2) is 6.10 Å². The fraction of sp³-hybridized carbons (Fsp3) is 0.500. The molecule has 0 fully saturated rings. The van der Waals surface area contributed by atoms with Crippen LogP contribution < -0.4 is 10.5 Å². The summed E-state index contributed by atoms with van der Waals surface area (Å²) in [6.07, 6.45) is 1.05. The molecule has 2 nitrogen and oxygen atoms in total. The Balaban J connectivity index is 2.64. The van der Waals surface area contributed by atoms with Gasteiger partial charge < -0.3 is 10.5 Å². The van der Waals surface area contributed by atoms with E-state index in [-0.39, 0.29) is 11.9 Å². The van der Waals surface area contributed by atoms with Gasteiger partial charge in [0.05, 0.1) is 11.8 Å². The molecule has 0 saturated carbocycles. The number of nitrogens with two attached hydrogens (primary N) is 1. The lowest BCUT2D eigenvalue weighted by molar-refractivity contribution is 0.194. The van der Waals surface area contributed by atoms with Crippen LogP contribution in [0.4, 0.5) is 10.1 Å². The van der Waals surface area contributed by atoms with Crippen molar-refractivity contribution in [2.75, 3.05) is 5.73 Å². The summed E-state index contributed by atoms with van der Waals surface area (Å²) in [4.78, 5) is 0. The molecule has 15 heavy (non-hydrogen) atoms. The summed E-state index contributed by atoms with van der Waals surface area (Å²) in [5.74, 6) is 0.794. The van der Waals surface area contributed by atoms with Gasteiger partial charge in [-0.15, -0.1) is 0 Å². The maximum Gasteiger partial charge on any atom is 0.142 e. The van der Waals surface area contributed by atoms with Crippen LogP contribution in [0.15, 0.2) is 18.2 Å². The minimum absolute atomic E-state index is 0.0951. The lowest BCUT2D eigenvalue weighted by atomic mass is 10.1. The van der Waals surface area contributed by atoms with Crippen molar-refractivity contribution < 1.29 is 9.13 Å². The van der Waals surface area contributed by atoms with Crippen molar-refractivity contribution in [3.05, 3.63) is 24.0 Å². The van der Waals surface area contributed by atoms with Gasteiger partial charge in [0.25, 0.3) is 0 Å². The topological polar surface area (TPSA) is 35.2 Å². The Kier molecular flexibility index (Phi) is 3.95. The summed E-state index contributed by atoms with van der Waals surface area (Å²) < 4.78 is 18.4. The summed E-state index contributed by atoms with van der Waals surface area (Å²) in [5, 5.41) is 0. The number of benzene rings is 1. The van der Waals surface area contributed by atoms with Crippen molar-refractivity contribution in [2.24, 2.45) is 5.92 Å². The molecule has 1 atom stereocenters. The largest absolute Gasteiger partial charge is 0.489 e. The third-order valence-electron chi connectivity index (χ3n) is 2.10. The molecule has 3 heteroatoms. The van der Waals surface area contributed by atoms with Gasteiger partial charge in [0.15, 0.2) is 0 Å². The van der Waals surface area contributed by atoms with Gasteiger partial charge in [0.2, 0.25) is 0 Å². The van der Waals surface area contributed by atoms with Crippen molar-refractivity contribution in [3.8, 4) is 5.75 Å². The molecule has 0 aliphatic heterocycles. The number of hydrogen-bond acceptors (Lipinski definition) is 2. The highest BCUT2D eigenvalue weighted by molar-refractivity contribution is 5.52. The molecule has 0 aromatic heterocycles. The van der Waals surface area contributed by atoms with Gasteiger partial charge in [-0.1, -0.05) is 13.8 Å². The molecule has 0 radical (unpaired) electrons. The van der Waals surface area contributed by atoms with Crippen molar-refractivity contribution in [1.82, 2.24) is 0 Å². The van der Waals surface area contributed by atoms with Crippen molar-refractivity contribution in [1.29, 1.82) is 0 Å². The predicted molar refractivity (Wildman–Crippen MR) is 60.4 cm³/mol. The molecule has 0 spiro atoms. The standard InChI is InChI=1S/C12H18FNO/c1-8(2)6-9(3)15-12-5-4-10(13)7-11(12)14/h4-5,7-9H,6,14H2,1-3H3. The number of halogens is 1. The van der Waals surface area contributed by atoms with E-state index in [0.29, 0.717) is 17.4 Å². The van der Waals surface area contributed by atoms with E-state index < -0.39 is 0 Å². The third-order valence-corrected chi connectivity index (χ3v) is 2.10. The van der Waals surface area contributed by atoms with Crippen LogP contribution in [0.3, 0.4) is 0 Å². The average molecular weight is 211 g/mol. The average Bonchev–Trinajstić information content (AvgIpc) is 2.08. The number of anilines is 1. The fourth-order valence-electron chi connectivity index (χ4n) is 1.56. The molecule has 1 aromatic carbocycles. The van der Waals surface area contributed by atoms with Crippen LogP contribution in [0, 0.1) is 11.7 Å². The molecular formula is C12H18FNO. The number of hydrogen-bond donors (Lipinski definition) is 1. The van der Waals surface area contributed by atoms with E-state index in [1.807, 2.05) is 6.92 Å². The van der Waals surface area contributed by atoms with Crippen LogP contribution in [0.25, 0.3) is 0 Å². The zero-order chi connectivity index (χ0) is 11.4. The third kappa shape index (κ3) is 3.78. The normalized spacial score (nSPS) is 12.9. The number of nitrogen functional groups attached to an aromatic ring is 1. The highest BCUT2D eigenvalue weighted by Gasteiger charge is 2.09. The summed E-state index contributed by atoms with van der Waals surface area (Å²) in [6, 6.07) is 4.20. The first-order chi connectivity index (χ1) is 6.99. The highest BCUT2D eigenvalue weighted by Crippen LogP contribution is 2.24. The van der Waals surface area contributed by atoms with E-state index in [0.717, 1.165) is 6.42 Å². The Morgan fingerprint density at radius 1 is 1.33 bits per heavy atom. The van der Waals surface area contributed by atoms with E-state index in [9.17, 15) is 4.39 Å². The smallest absolute Gasteiger partial charge is 0.142 e. The summed E-state index contributed by atoms with van der Waals surface area (Å²) >= 11 is 0. The SMILES string of the molecule is CC(C)CC(C)Oc1ccc(F)cc1N. The van der Waals surface area contributed by atoms with E-state index in [1.165, 1.54) is 12.1 Å². The van der Waals surface area contributed by atoms with Crippen LogP contribution in [0.5, 0.6) is 5.75 Å². The molecular weight excluding hydrogens is 193 g/mol. The van der Waals surface area contributed by atoms with Gasteiger partial charge >= 0.3 is 0 Å². The monoisotopic (exact) mass is 211 g/mol. The Morgan fingerprint density at radius 3 is 2.53 bits per heavy atom. The fourth-order valence-corrected chi connectivity index (χ4v) is 1.56. The lowest BCUT2D eigenvalue weighted by Crippen LogP contribution is -2.15. The summed E-state index contributed by atoms with van der Waals surface area (Å²) in [5.41, 5.74) is 5.99. The zero-order valence-electron chi connectivity index (χ0n) is 9.46. The summed E-state index contributed by atoms with van der Waals surface area (Å²) in [6.45, 7) is 6.25. The molecule has 0 aliphatic rings. The first-order valence-electron chi connectivity index (χ1n) is 5.20. The van der Waals surface area contributed by atoms with Crippen molar-refractivity contribution in [2.45, 2.75) is 33.3 Å². The van der Waals surface area contributed by atoms with Gasteiger partial charge in [0, 0.05) is 6.07 Å². The van der Waals surface area contributed by atoms with Crippen LogP contribution in [-0.2, 0) is 0 Å². The second-order valence-electron chi connectivity index (χ2n) is 4.24. The maximum absolute atomic E-state index is 12.8. The number of rotatable bonds is 4. The molecule has 2 N–H and O–H groups in total. The second-order valence-corrected chi connectivity index (χ2v) is 4.24. The van der Waals surface area contributed by atoms with E-state index in [1.54, 1.807) is 6.07 Å². The molecule has 1 unspecified atom stereocenters. The van der Waals surface area contributed by atoms with Crippen molar-refractivity contribution in [3.63, 3.8) is 0 Å². The first-order valence-corrected chi connectivity index (χ1v) is 5.20. The molecule has 84 valence electrons. The Bertz CT molecular complexity index is 325. The predicted octanol–water partition coefficient (Wildman–Crippen LogP) is 3.22. The second kappa shape index (κ2) is 5.01. The zero-order valence-corrected chi connectivity index (χ0v) is 9.46. The molecule has 0 bridgehead atoms. The van der Waals surface area contributed by atoms with Gasteiger partial charge in [0.1, 0.15) is 11.6 Å². The van der Waals surface area contributed by atoms with E-state index in [4.69, 9.17) is 10.5 Å². The maximum atomic E-state index is 12.8. The number of ether oxygens (including phenoxy) is 1. The minimum Gasteiger partial charge on any atom is -0.489 e. The first kappa shape index (κ1) is 11.8. The molecule has 0 amide bonds. The molecule has 1 rings (SSSR count). The highest BCUT2D eigenvalue weighted by atomic mass is 19.1. The Labute approximate surface area is 90.2 Å². The molecule has 0 heterocycles. The van der Waals surface area contributed by atoms with Gasteiger partial charge in [-0.2, -0.15) is 0 Å². The van der Waals surface area contributed by atoms with Crippen LogP contribution in [0.1, 0.15) is 27.2 Å². The van der Waals surface area contributed by atoms with E-state index in [2.05, 4.69) is 13.8 Å². The van der Waals surface area contributed by atoms with Gasteiger partial charge in [-0.3, -0.25) is 0 Å². The van der Waals surface area contributed by atoms with Gasteiger partial charge in [-0.25, -0.2) is 4.39 Å². The van der Waals surface area contributed by atoms with Crippen LogP contribution in [0.2, 0.25) is 0 Å². The van der Waals surface area contributed by atoms with Crippen molar-refractivity contribution >= 4 is 5.69 Å². The quantitative estimate of drug-likeness (QED) is 0.776. The molecule has 0 saturated heterocycles. The molecule has 1 aromatic rings.